The predicted octanol–water partition coefficient (Wildman–Crippen LogP) is 8.21. The maximum absolute atomic E-state index is 13.8. The minimum atomic E-state index is -0.685. The van der Waals surface area contributed by atoms with Crippen LogP contribution in [-0.4, -0.2) is 17.7 Å². The lowest BCUT2D eigenvalue weighted by atomic mass is 10.1. The first kappa shape index (κ1) is 30.3. The van der Waals surface area contributed by atoms with Crippen LogP contribution in [0.25, 0.3) is 0 Å². The van der Waals surface area contributed by atoms with Crippen LogP contribution in [0.15, 0.2) is 114 Å². The van der Waals surface area contributed by atoms with Crippen molar-refractivity contribution in [1.82, 2.24) is 0 Å². The number of nitriles is 1. The summed E-state index contributed by atoms with van der Waals surface area (Å²) in [6.45, 7) is 3.66. The zero-order valence-corrected chi connectivity index (χ0v) is 25.6. The summed E-state index contributed by atoms with van der Waals surface area (Å²) in [6, 6.07) is 35.1. The Morgan fingerprint density at radius 1 is 0.750 bits per heavy atom. The van der Waals surface area contributed by atoms with Crippen LogP contribution < -0.4 is 16.0 Å². The van der Waals surface area contributed by atoms with Gasteiger partial charge in [0.25, 0.3) is 11.8 Å². The number of para-hydroxylation sites is 1. The number of thiophene rings is 1. The van der Waals surface area contributed by atoms with Gasteiger partial charge in [0, 0.05) is 21.8 Å². The van der Waals surface area contributed by atoms with Gasteiger partial charge in [0.05, 0.1) is 10.4 Å². The van der Waals surface area contributed by atoms with Crippen molar-refractivity contribution in [3.05, 3.63) is 142 Å². The molecular formula is C35H28N4O3S2. The number of benzene rings is 4. The number of carbonyl (C=O) groups excluding carboxylic acids is 3. The van der Waals surface area contributed by atoms with Gasteiger partial charge in [0.1, 0.15) is 16.3 Å². The number of nitrogens with one attached hydrogen (secondary N) is 3. The lowest BCUT2D eigenvalue weighted by molar-refractivity contribution is -0.115. The fourth-order valence-electron chi connectivity index (χ4n) is 4.43. The van der Waals surface area contributed by atoms with Crippen molar-refractivity contribution in [3.8, 4) is 6.07 Å². The molecule has 5 aromatic rings. The standard InChI is InChI=1S/C35H28N4O3S2/c1-22-16-18-25(19-17-22)32(40)38-27-14-9-15-28(20-27)43-31(24-10-5-3-6-11-24)34(42)39-35-29(21-36)23(2)30(44-35)33(41)37-26-12-7-4-8-13-26/h3-20,31H,1-2H3,(H,37,41)(H,38,40)(H,39,42). The Balaban J connectivity index is 1.37. The maximum atomic E-state index is 13.8. The minimum Gasteiger partial charge on any atom is -0.322 e. The van der Waals surface area contributed by atoms with E-state index in [1.165, 1.54) is 11.8 Å². The van der Waals surface area contributed by atoms with Gasteiger partial charge in [-0.15, -0.1) is 23.1 Å². The average Bonchev–Trinajstić information content (AvgIpc) is 3.35. The Labute approximate surface area is 264 Å². The highest BCUT2D eigenvalue weighted by Crippen LogP contribution is 2.39. The van der Waals surface area contributed by atoms with E-state index in [1.54, 1.807) is 37.3 Å². The van der Waals surface area contributed by atoms with Crippen LogP contribution in [0.1, 0.15) is 47.5 Å². The number of nitrogens with zero attached hydrogens (tertiary/aromatic N) is 1. The molecule has 44 heavy (non-hydrogen) atoms. The van der Waals surface area contributed by atoms with Crippen molar-refractivity contribution in [2.75, 3.05) is 16.0 Å². The number of hydrogen-bond acceptors (Lipinski definition) is 6. The van der Waals surface area contributed by atoms with Gasteiger partial charge in [-0.25, -0.2) is 0 Å². The first-order valence-corrected chi connectivity index (χ1v) is 15.4. The Hall–Kier alpha value is -5.17. The second-order valence-electron chi connectivity index (χ2n) is 9.94. The van der Waals surface area contributed by atoms with Gasteiger partial charge < -0.3 is 16.0 Å². The van der Waals surface area contributed by atoms with E-state index in [9.17, 15) is 19.6 Å². The van der Waals surface area contributed by atoms with E-state index in [2.05, 4.69) is 22.0 Å². The van der Waals surface area contributed by atoms with E-state index < -0.39 is 5.25 Å². The van der Waals surface area contributed by atoms with Gasteiger partial charge in [-0.05, 0) is 67.4 Å². The van der Waals surface area contributed by atoms with Gasteiger partial charge >= 0.3 is 0 Å². The molecule has 0 bridgehead atoms. The molecule has 3 amide bonds. The zero-order valence-electron chi connectivity index (χ0n) is 24.0. The van der Waals surface area contributed by atoms with Crippen LogP contribution in [0.4, 0.5) is 16.4 Å². The average molecular weight is 617 g/mol. The third kappa shape index (κ3) is 7.24. The third-order valence-corrected chi connectivity index (χ3v) is 9.19. The van der Waals surface area contributed by atoms with Crippen LogP contribution in [-0.2, 0) is 4.79 Å². The molecule has 0 aliphatic rings. The summed E-state index contributed by atoms with van der Waals surface area (Å²) in [4.78, 5) is 40.8. The molecule has 0 spiro atoms. The Morgan fingerprint density at radius 2 is 1.39 bits per heavy atom. The monoisotopic (exact) mass is 616 g/mol. The zero-order chi connectivity index (χ0) is 31.1. The first-order chi connectivity index (χ1) is 21.3. The molecule has 0 aliphatic heterocycles. The maximum Gasteiger partial charge on any atom is 0.266 e. The Kier molecular flexibility index (Phi) is 9.55. The molecule has 0 radical (unpaired) electrons. The van der Waals surface area contributed by atoms with Crippen molar-refractivity contribution in [3.63, 3.8) is 0 Å². The highest BCUT2D eigenvalue weighted by atomic mass is 32.2. The largest absolute Gasteiger partial charge is 0.322 e. The summed E-state index contributed by atoms with van der Waals surface area (Å²) >= 11 is 2.39. The number of rotatable bonds is 9. The van der Waals surface area contributed by atoms with E-state index in [1.807, 2.05) is 85.8 Å². The minimum absolute atomic E-state index is 0.228. The summed E-state index contributed by atoms with van der Waals surface area (Å²) in [5, 5.41) is 18.2. The first-order valence-electron chi connectivity index (χ1n) is 13.7. The van der Waals surface area contributed by atoms with Gasteiger partial charge in [-0.1, -0.05) is 72.3 Å². The number of aryl methyl sites for hydroxylation is 1. The molecule has 9 heteroatoms. The molecule has 1 unspecified atom stereocenters. The van der Waals surface area contributed by atoms with Gasteiger partial charge in [0.15, 0.2) is 0 Å². The van der Waals surface area contributed by atoms with E-state index in [4.69, 9.17) is 0 Å². The number of anilines is 3. The summed E-state index contributed by atoms with van der Waals surface area (Å²) < 4.78 is 0. The highest BCUT2D eigenvalue weighted by molar-refractivity contribution is 8.00. The van der Waals surface area contributed by atoms with Crippen LogP contribution in [0.2, 0.25) is 0 Å². The van der Waals surface area contributed by atoms with E-state index in [0.717, 1.165) is 27.4 Å². The number of hydrogen-bond donors (Lipinski definition) is 3. The third-order valence-electron chi connectivity index (χ3n) is 6.73. The Morgan fingerprint density at radius 3 is 2.07 bits per heavy atom. The van der Waals surface area contributed by atoms with Crippen LogP contribution in [0, 0.1) is 25.2 Å². The van der Waals surface area contributed by atoms with E-state index in [0.29, 0.717) is 32.4 Å². The van der Waals surface area contributed by atoms with Crippen LogP contribution >= 0.6 is 23.1 Å². The molecule has 218 valence electrons. The molecule has 1 atom stereocenters. The molecule has 0 saturated heterocycles. The van der Waals surface area contributed by atoms with Crippen molar-refractivity contribution < 1.29 is 14.4 Å². The molecular weight excluding hydrogens is 589 g/mol. The fourth-order valence-corrected chi connectivity index (χ4v) is 6.57. The molecule has 0 aliphatic carbocycles. The smallest absolute Gasteiger partial charge is 0.266 e. The topological polar surface area (TPSA) is 111 Å². The highest BCUT2D eigenvalue weighted by Gasteiger charge is 2.27. The Bertz CT molecular complexity index is 1850. The predicted molar refractivity (Wildman–Crippen MR) is 177 cm³/mol. The van der Waals surface area contributed by atoms with Gasteiger partial charge in [-0.3, -0.25) is 14.4 Å². The van der Waals surface area contributed by atoms with Crippen molar-refractivity contribution in [1.29, 1.82) is 5.26 Å². The van der Waals surface area contributed by atoms with Crippen molar-refractivity contribution in [2.24, 2.45) is 0 Å². The van der Waals surface area contributed by atoms with Crippen molar-refractivity contribution in [2.45, 2.75) is 24.0 Å². The fraction of sp³-hybridized carbons (Fsp3) is 0.0857. The summed E-state index contributed by atoms with van der Waals surface area (Å²) in [5.41, 5.74) is 4.36. The van der Waals surface area contributed by atoms with Crippen LogP contribution in [0.3, 0.4) is 0 Å². The molecule has 1 heterocycles. The SMILES string of the molecule is Cc1ccc(C(=O)Nc2cccc(SC(C(=O)Nc3sc(C(=O)Nc4ccccc4)c(C)c3C#N)c3ccccc3)c2)cc1. The normalized spacial score (nSPS) is 11.2. The summed E-state index contributed by atoms with van der Waals surface area (Å²) in [5.74, 6) is -0.925. The van der Waals surface area contributed by atoms with Gasteiger partial charge in [0.2, 0.25) is 5.91 Å². The van der Waals surface area contributed by atoms with Gasteiger partial charge in [-0.2, -0.15) is 5.26 Å². The van der Waals surface area contributed by atoms with Crippen molar-refractivity contribution >= 4 is 57.2 Å². The number of carbonyl (C=O) groups is 3. The van der Waals surface area contributed by atoms with Crippen LogP contribution in [0.5, 0.6) is 0 Å². The molecule has 5 rings (SSSR count). The molecule has 0 saturated carbocycles. The lowest BCUT2D eigenvalue weighted by Crippen LogP contribution is -2.19. The second kappa shape index (κ2) is 13.9. The number of amides is 3. The second-order valence-corrected chi connectivity index (χ2v) is 12.1. The molecule has 4 aromatic carbocycles. The molecule has 7 nitrogen and oxygen atoms in total. The number of thioether (sulfide) groups is 1. The molecule has 0 fully saturated rings. The van der Waals surface area contributed by atoms with E-state index >= 15 is 0 Å². The summed E-state index contributed by atoms with van der Waals surface area (Å²) in [6.07, 6.45) is 0. The quantitative estimate of drug-likeness (QED) is 0.145. The summed E-state index contributed by atoms with van der Waals surface area (Å²) in [7, 11) is 0. The molecule has 1 aromatic heterocycles. The van der Waals surface area contributed by atoms with E-state index in [-0.39, 0.29) is 23.3 Å². The molecule has 3 N–H and O–H groups in total. The lowest BCUT2D eigenvalue weighted by Gasteiger charge is -2.17.